The summed E-state index contributed by atoms with van der Waals surface area (Å²) < 4.78 is 0. The van der Waals surface area contributed by atoms with Gasteiger partial charge in [-0.05, 0) is 30.3 Å². The normalized spacial score (nSPS) is 10.5. The Morgan fingerprint density at radius 1 is 1.14 bits per heavy atom. The molecule has 76 valence electrons. The fraction of sp³-hybridized carbons (Fsp3) is 0.385. The van der Waals surface area contributed by atoms with Crippen molar-refractivity contribution in [2.75, 3.05) is 11.5 Å². The largest absolute Gasteiger partial charge is 0.133 e. The lowest BCUT2D eigenvalue weighted by Gasteiger charge is -2.04. The molecular formula is C13H19S+. The van der Waals surface area contributed by atoms with Gasteiger partial charge < -0.3 is 0 Å². The molecule has 1 heteroatoms. The Balaban J connectivity index is 2.63. The first-order chi connectivity index (χ1) is 6.80. The van der Waals surface area contributed by atoms with Gasteiger partial charge in [0.25, 0.3) is 0 Å². The third-order valence-electron chi connectivity index (χ3n) is 2.40. The molecule has 0 saturated carbocycles. The van der Waals surface area contributed by atoms with Crippen LogP contribution in [0.4, 0.5) is 0 Å². The molecule has 0 aliphatic heterocycles. The Hall–Kier alpha value is -0.690. The van der Waals surface area contributed by atoms with Crippen LogP contribution in [0.1, 0.15) is 25.0 Å². The molecule has 0 bridgehead atoms. The third kappa shape index (κ3) is 3.22. The second-order valence-corrected chi connectivity index (χ2v) is 5.95. The van der Waals surface area contributed by atoms with Crippen LogP contribution in [0.5, 0.6) is 0 Å². The average Bonchev–Trinajstić information content (AvgIpc) is 2.26. The van der Waals surface area contributed by atoms with Crippen molar-refractivity contribution in [3.63, 3.8) is 0 Å². The van der Waals surface area contributed by atoms with E-state index in [0.29, 0.717) is 10.9 Å². The summed E-state index contributed by atoms with van der Waals surface area (Å²) in [7, 11) is 0.576. The van der Waals surface area contributed by atoms with Gasteiger partial charge in [-0.3, -0.25) is 0 Å². The van der Waals surface area contributed by atoms with Crippen LogP contribution in [-0.2, 0) is 16.6 Å². The van der Waals surface area contributed by atoms with E-state index in [4.69, 9.17) is 0 Å². The standard InChI is InChI=1S/C13H19S/c1-4-12-7-9-13(10-8-12)11-14(5-2)6-3/h4,7-10H,1,5-6,11H2,2-3H3/q+1. The lowest BCUT2D eigenvalue weighted by Crippen LogP contribution is -2.10. The maximum atomic E-state index is 3.76. The summed E-state index contributed by atoms with van der Waals surface area (Å²) in [6, 6.07) is 8.75. The van der Waals surface area contributed by atoms with Crippen LogP contribution in [0.3, 0.4) is 0 Å². The molecule has 0 radical (unpaired) electrons. The van der Waals surface area contributed by atoms with Gasteiger partial charge in [0, 0.05) is 5.56 Å². The number of hydrogen-bond donors (Lipinski definition) is 0. The Morgan fingerprint density at radius 3 is 2.14 bits per heavy atom. The summed E-state index contributed by atoms with van der Waals surface area (Å²) >= 11 is 0. The molecule has 0 saturated heterocycles. The van der Waals surface area contributed by atoms with E-state index in [1.807, 2.05) is 6.08 Å². The molecule has 0 aliphatic carbocycles. The first-order valence-corrected chi connectivity index (χ1v) is 6.88. The van der Waals surface area contributed by atoms with E-state index in [0.717, 1.165) is 0 Å². The van der Waals surface area contributed by atoms with Crippen molar-refractivity contribution in [1.82, 2.24) is 0 Å². The molecule has 0 nitrogen and oxygen atoms in total. The lowest BCUT2D eigenvalue weighted by molar-refractivity contribution is 1.33. The van der Waals surface area contributed by atoms with Gasteiger partial charge in [0.2, 0.25) is 0 Å². The van der Waals surface area contributed by atoms with E-state index in [1.54, 1.807) is 0 Å². The molecule has 1 aromatic carbocycles. The molecule has 0 N–H and O–H groups in total. The fourth-order valence-electron chi connectivity index (χ4n) is 1.39. The molecule has 0 aromatic heterocycles. The first-order valence-electron chi connectivity index (χ1n) is 5.15. The van der Waals surface area contributed by atoms with Crippen LogP contribution < -0.4 is 0 Å². The maximum absolute atomic E-state index is 3.76. The van der Waals surface area contributed by atoms with Gasteiger partial charge in [-0.25, -0.2) is 0 Å². The Kier molecular flexibility index (Phi) is 4.81. The van der Waals surface area contributed by atoms with E-state index in [1.165, 1.54) is 28.4 Å². The molecule has 14 heavy (non-hydrogen) atoms. The van der Waals surface area contributed by atoms with Crippen LogP contribution in [-0.4, -0.2) is 11.5 Å². The Morgan fingerprint density at radius 2 is 1.71 bits per heavy atom. The van der Waals surface area contributed by atoms with E-state index in [9.17, 15) is 0 Å². The van der Waals surface area contributed by atoms with Gasteiger partial charge in [-0.2, -0.15) is 0 Å². The van der Waals surface area contributed by atoms with Crippen molar-refractivity contribution >= 4 is 17.0 Å². The first kappa shape index (κ1) is 11.4. The highest BCUT2D eigenvalue weighted by Crippen LogP contribution is 2.11. The van der Waals surface area contributed by atoms with Gasteiger partial charge >= 0.3 is 0 Å². The van der Waals surface area contributed by atoms with Gasteiger partial charge in [-0.15, -0.1) is 0 Å². The van der Waals surface area contributed by atoms with Crippen molar-refractivity contribution < 1.29 is 0 Å². The number of rotatable bonds is 5. The lowest BCUT2D eigenvalue weighted by atomic mass is 10.1. The smallest absolute Gasteiger partial charge is 0.0985 e. The molecule has 0 unspecified atom stereocenters. The minimum atomic E-state index is 0.576. The Labute approximate surface area is 90.4 Å². The van der Waals surface area contributed by atoms with Crippen LogP contribution in [0.15, 0.2) is 30.8 Å². The molecule has 0 spiro atoms. The SMILES string of the molecule is C=Cc1ccc(C[S+](CC)CC)cc1. The molecular weight excluding hydrogens is 188 g/mol. The van der Waals surface area contributed by atoms with Gasteiger partial charge in [-0.1, -0.05) is 36.9 Å². The third-order valence-corrected chi connectivity index (χ3v) is 4.78. The van der Waals surface area contributed by atoms with Gasteiger partial charge in [0.05, 0.1) is 0 Å². The van der Waals surface area contributed by atoms with Crippen molar-refractivity contribution in [1.29, 1.82) is 0 Å². The zero-order valence-corrected chi connectivity index (χ0v) is 9.94. The topological polar surface area (TPSA) is 0 Å². The summed E-state index contributed by atoms with van der Waals surface area (Å²) in [5, 5.41) is 0. The maximum Gasteiger partial charge on any atom is 0.133 e. The predicted molar refractivity (Wildman–Crippen MR) is 68.7 cm³/mol. The minimum absolute atomic E-state index is 0.576. The monoisotopic (exact) mass is 207 g/mol. The van der Waals surface area contributed by atoms with Crippen LogP contribution in [0, 0.1) is 0 Å². The molecule has 0 aliphatic rings. The quantitative estimate of drug-likeness (QED) is 0.648. The van der Waals surface area contributed by atoms with Crippen molar-refractivity contribution in [3.05, 3.63) is 42.0 Å². The van der Waals surface area contributed by atoms with E-state index in [-0.39, 0.29) is 0 Å². The summed E-state index contributed by atoms with van der Waals surface area (Å²) in [6.07, 6.45) is 1.89. The number of hydrogen-bond acceptors (Lipinski definition) is 0. The molecule has 0 atom stereocenters. The highest BCUT2D eigenvalue weighted by molar-refractivity contribution is 7.96. The summed E-state index contributed by atoms with van der Waals surface area (Å²) in [5.41, 5.74) is 2.67. The summed E-state index contributed by atoms with van der Waals surface area (Å²) in [6.45, 7) is 8.32. The molecule has 0 heterocycles. The second kappa shape index (κ2) is 5.92. The summed E-state index contributed by atoms with van der Waals surface area (Å²) in [5.74, 6) is 3.85. The van der Waals surface area contributed by atoms with Gasteiger partial charge in [0.15, 0.2) is 0 Å². The summed E-state index contributed by atoms with van der Waals surface area (Å²) in [4.78, 5) is 0. The zero-order valence-electron chi connectivity index (χ0n) is 9.12. The minimum Gasteiger partial charge on any atom is -0.0985 e. The highest BCUT2D eigenvalue weighted by atomic mass is 32.2. The zero-order chi connectivity index (χ0) is 10.4. The molecule has 1 rings (SSSR count). The van der Waals surface area contributed by atoms with Crippen molar-refractivity contribution in [2.45, 2.75) is 19.6 Å². The average molecular weight is 207 g/mol. The second-order valence-electron chi connectivity index (χ2n) is 3.28. The molecule has 0 fully saturated rings. The van der Waals surface area contributed by atoms with Crippen LogP contribution in [0.25, 0.3) is 6.08 Å². The highest BCUT2D eigenvalue weighted by Gasteiger charge is 2.12. The van der Waals surface area contributed by atoms with Gasteiger partial charge in [0.1, 0.15) is 17.3 Å². The van der Waals surface area contributed by atoms with E-state index >= 15 is 0 Å². The fourth-order valence-corrected chi connectivity index (χ4v) is 2.87. The van der Waals surface area contributed by atoms with Crippen molar-refractivity contribution in [2.24, 2.45) is 0 Å². The number of benzene rings is 1. The predicted octanol–water partition coefficient (Wildman–Crippen LogP) is 3.49. The Bertz CT molecular complexity index is 270. The van der Waals surface area contributed by atoms with E-state index < -0.39 is 0 Å². The van der Waals surface area contributed by atoms with Crippen molar-refractivity contribution in [3.8, 4) is 0 Å². The van der Waals surface area contributed by atoms with Crippen LogP contribution >= 0.6 is 0 Å². The van der Waals surface area contributed by atoms with Crippen LogP contribution in [0.2, 0.25) is 0 Å². The molecule has 1 aromatic rings. The van der Waals surface area contributed by atoms with E-state index in [2.05, 4.69) is 44.7 Å². The molecule has 0 amide bonds.